The number of hydrogen-bond acceptors (Lipinski definition) is 7. The second-order valence-electron chi connectivity index (χ2n) is 7.56. The number of aryl methyl sites for hydroxylation is 1. The van der Waals surface area contributed by atoms with Crippen LogP contribution in [0.2, 0.25) is 0 Å². The van der Waals surface area contributed by atoms with E-state index in [0.29, 0.717) is 17.3 Å². The third-order valence-corrected chi connectivity index (χ3v) is 5.32. The van der Waals surface area contributed by atoms with Crippen molar-refractivity contribution < 1.29 is 14.3 Å². The number of aromatic nitrogens is 2. The fraction of sp³-hybridized carbons (Fsp3) is 0.292. The molecule has 166 valence electrons. The Morgan fingerprint density at radius 1 is 0.969 bits per heavy atom. The Kier molecular flexibility index (Phi) is 6.69. The third-order valence-electron chi connectivity index (χ3n) is 5.32. The first kappa shape index (κ1) is 21.4. The van der Waals surface area contributed by atoms with Crippen LogP contribution in [-0.2, 0) is 4.79 Å². The van der Waals surface area contributed by atoms with Crippen molar-refractivity contribution in [1.82, 2.24) is 9.97 Å². The molecule has 2 heterocycles. The summed E-state index contributed by atoms with van der Waals surface area (Å²) < 4.78 is 10.9. The molecule has 2 aromatic carbocycles. The highest BCUT2D eigenvalue weighted by molar-refractivity contribution is 5.91. The van der Waals surface area contributed by atoms with E-state index in [-0.39, 0.29) is 12.5 Å². The standard InChI is InChI=1S/C24H27N5O3/c1-18-8-9-20(21(14-18)31-2)32-16-24(30)27-22-15-23(26-17-25-22)29-12-10-28(11-13-29)19-6-4-3-5-7-19/h3-9,14-15,17H,10-13,16H2,1-2H3,(H,25,26,27,30). The Bertz CT molecular complexity index is 1050. The number of hydrogen-bond donors (Lipinski definition) is 1. The van der Waals surface area contributed by atoms with Crippen LogP contribution in [0, 0.1) is 6.92 Å². The molecule has 1 aromatic heterocycles. The van der Waals surface area contributed by atoms with Crippen LogP contribution >= 0.6 is 0 Å². The van der Waals surface area contributed by atoms with Gasteiger partial charge in [0.05, 0.1) is 7.11 Å². The minimum absolute atomic E-state index is 0.144. The van der Waals surface area contributed by atoms with Gasteiger partial charge in [0, 0.05) is 37.9 Å². The van der Waals surface area contributed by atoms with E-state index >= 15 is 0 Å². The molecule has 0 aliphatic carbocycles. The Balaban J connectivity index is 1.32. The number of carbonyl (C=O) groups is 1. The van der Waals surface area contributed by atoms with Crippen molar-refractivity contribution in [1.29, 1.82) is 0 Å². The number of rotatable bonds is 7. The zero-order valence-electron chi connectivity index (χ0n) is 18.3. The third kappa shape index (κ3) is 5.26. The molecular formula is C24H27N5O3. The first-order valence-corrected chi connectivity index (χ1v) is 10.6. The molecule has 1 saturated heterocycles. The predicted octanol–water partition coefficient (Wildman–Crippen LogP) is 3.14. The molecule has 1 fully saturated rings. The van der Waals surface area contributed by atoms with E-state index in [1.54, 1.807) is 19.2 Å². The molecule has 0 radical (unpaired) electrons. The van der Waals surface area contributed by atoms with E-state index < -0.39 is 0 Å². The molecule has 8 heteroatoms. The zero-order chi connectivity index (χ0) is 22.3. The van der Waals surface area contributed by atoms with Crippen LogP contribution < -0.4 is 24.6 Å². The van der Waals surface area contributed by atoms with Gasteiger partial charge in [-0.2, -0.15) is 0 Å². The van der Waals surface area contributed by atoms with Gasteiger partial charge in [-0.15, -0.1) is 0 Å². The second-order valence-corrected chi connectivity index (χ2v) is 7.56. The average molecular weight is 434 g/mol. The molecule has 0 atom stereocenters. The van der Waals surface area contributed by atoms with E-state index in [4.69, 9.17) is 9.47 Å². The van der Waals surface area contributed by atoms with Gasteiger partial charge in [-0.05, 0) is 36.8 Å². The van der Waals surface area contributed by atoms with Gasteiger partial charge in [-0.1, -0.05) is 24.3 Å². The van der Waals surface area contributed by atoms with Crippen LogP contribution in [0.25, 0.3) is 0 Å². The first-order chi connectivity index (χ1) is 15.6. The Morgan fingerprint density at radius 3 is 2.47 bits per heavy atom. The number of ether oxygens (including phenoxy) is 2. The largest absolute Gasteiger partial charge is 0.493 e. The van der Waals surface area contributed by atoms with Gasteiger partial charge in [0.2, 0.25) is 0 Å². The Labute approximate surface area is 187 Å². The molecule has 0 bridgehead atoms. The maximum absolute atomic E-state index is 12.4. The monoisotopic (exact) mass is 433 g/mol. The smallest absolute Gasteiger partial charge is 0.263 e. The summed E-state index contributed by atoms with van der Waals surface area (Å²) in [5.74, 6) is 2.06. The number of para-hydroxylation sites is 1. The van der Waals surface area contributed by atoms with Crippen molar-refractivity contribution in [3.63, 3.8) is 0 Å². The quantitative estimate of drug-likeness (QED) is 0.613. The van der Waals surface area contributed by atoms with Gasteiger partial charge in [0.15, 0.2) is 18.1 Å². The van der Waals surface area contributed by atoms with Gasteiger partial charge < -0.3 is 24.6 Å². The first-order valence-electron chi connectivity index (χ1n) is 10.6. The van der Waals surface area contributed by atoms with E-state index in [1.165, 1.54) is 12.0 Å². The molecule has 1 aliphatic rings. The number of methoxy groups -OCH3 is 1. The lowest BCUT2D eigenvalue weighted by Gasteiger charge is -2.36. The molecular weight excluding hydrogens is 406 g/mol. The molecule has 32 heavy (non-hydrogen) atoms. The average Bonchev–Trinajstić information content (AvgIpc) is 2.84. The van der Waals surface area contributed by atoms with Crippen LogP contribution in [0.1, 0.15) is 5.56 Å². The lowest BCUT2D eigenvalue weighted by atomic mass is 10.2. The molecule has 0 spiro atoms. The van der Waals surface area contributed by atoms with E-state index in [1.807, 2.05) is 25.1 Å². The SMILES string of the molecule is COc1cc(C)ccc1OCC(=O)Nc1cc(N2CCN(c3ccccc3)CC2)ncn1. The molecule has 0 unspecified atom stereocenters. The number of anilines is 3. The van der Waals surface area contributed by atoms with Crippen molar-refractivity contribution in [3.05, 3.63) is 66.5 Å². The summed E-state index contributed by atoms with van der Waals surface area (Å²) in [6, 6.07) is 17.7. The van der Waals surface area contributed by atoms with Crippen molar-refractivity contribution in [2.75, 3.05) is 55.0 Å². The minimum Gasteiger partial charge on any atom is -0.493 e. The summed E-state index contributed by atoms with van der Waals surface area (Å²) in [5, 5.41) is 2.78. The normalized spacial score (nSPS) is 13.6. The minimum atomic E-state index is -0.300. The summed E-state index contributed by atoms with van der Waals surface area (Å²) in [6.07, 6.45) is 1.47. The molecule has 4 rings (SSSR count). The summed E-state index contributed by atoms with van der Waals surface area (Å²) in [4.78, 5) is 25.5. The highest BCUT2D eigenvalue weighted by Gasteiger charge is 2.19. The molecule has 1 aliphatic heterocycles. The molecule has 0 saturated carbocycles. The van der Waals surface area contributed by atoms with E-state index in [2.05, 4.69) is 49.4 Å². The highest BCUT2D eigenvalue weighted by atomic mass is 16.5. The lowest BCUT2D eigenvalue weighted by Crippen LogP contribution is -2.46. The van der Waals surface area contributed by atoms with Gasteiger partial charge in [-0.25, -0.2) is 9.97 Å². The molecule has 8 nitrogen and oxygen atoms in total. The predicted molar refractivity (Wildman–Crippen MR) is 125 cm³/mol. The van der Waals surface area contributed by atoms with Crippen LogP contribution in [0.5, 0.6) is 11.5 Å². The molecule has 1 N–H and O–H groups in total. The number of piperazine rings is 1. The van der Waals surface area contributed by atoms with Gasteiger partial charge in [-0.3, -0.25) is 4.79 Å². The number of carbonyl (C=O) groups excluding carboxylic acids is 1. The van der Waals surface area contributed by atoms with Crippen molar-refractivity contribution in [2.45, 2.75) is 6.92 Å². The molecule has 3 aromatic rings. The summed E-state index contributed by atoms with van der Waals surface area (Å²) in [7, 11) is 1.57. The van der Waals surface area contributed by atoms with E-state index in [0.717, 1.165) is 37.6 Å². The van der Waals surface area contributed by atoms with Crippen LogP contribution in [0.3, 0.4) is 0 Å². The Morgan fingerprint density at radius 2 is 1.72 bits per heavy atom. The number of nitrogens with zero attached hydrogens (tertiary/aromatic N) is 4. The Hall–Kier alpha value is -3.81. The zero-order valence-corrected chi connectivity index (χ0v) is 18.3. The highest BCUT2D eigenvalue weighted by Crippen LogP contribution is 2.27. The lowest BCUT2D eigenvalue weighted by molar-refractivity contribution is -0.118. The topological polar surface area (TPSA) is 79.8 Å². The molecule has 1 amide bonds. The number of nitrogens with one attached hydrogen (secondary N) is 1. The number of amides is 1. The van der Waals surface area contributed by atoms with Gasteiger partial charge in [0.1, 0.15) is 18.0 Å². The van der Waals surface area contributed by atoms with Crippen LogP contribution in [-0.4, -0.2) is 55.8 Å². The van der Waals surface area contributed by atoms with Crippen molar-refractivity contribution in [3.8, 4) is 11.5 Å². The van der Waals surface area contributed by atoms with Crippen molar-refractivity contribution >= 4 is 23.2 Å². The fourth-order valence-corrected chi connectivity index (χ4v) is 3.64. The van der Waals surface area contributed by atoms with E-state index in [9.17, 15) is 4.79 Å². The van der Waals surface area contributed by atoms with Gasteiger partial charge >= 0.3 is 0 Å². The van der Waals surface area contributed by atoms with Crippen LogP contribution in [0.4, 0.5) is 17.3 Å². The summed E-state index contributed by atoms with van der Waals surface area (Å²) in [5.41, 5.74) is 2.28. The number of benzene rings is 2. The summed E-state index contributed by atoms with van der Waals surface area (Å²) in [6.45, 7) is 5.32. The fourth-order valence-electron chi connectivity index (χ4n) is 3.64. The maximum Gasteiger partial charge on any atom is 0.263 e. The maximum atomic E-state index is 12.4. The van der Waals surface area contributed by atoms with Crippen LogP contribution in [0.15, 0.2) is 60.9 Å². The van der Waals surface area contributed by atoms with Crippen molar-refractivity contribution in [2.24, 2.45) is 0 Å². The van der Waals surface area contributed by atoms with Gasteiger partial charge in [0.25, 0.3) is 5.91 Å². The second kappa shape index (κ2) is 10.00. The summed E-state index contributed by atoms with van der Waals surface area (Å²) >= 11 is 0.